The van der Waals surface area contributed by atoms with Gasteiger partial charge in [0.2, 0.25) is 0 Å². The van der Waals surface area contributed by atoms with Crippen molar-refractivity contribution in [3.8, 4) is 0 Å². The fourth-order valence-corrected chi connectivity index (χ4v) is 14.9. The molecule has 2 unspecified atom stereocenters. The molecule has 0 saturated carbocycles. The second kappa shape index (κ2) is 77.8. The summed E-state index contributed by atoms with van der Waals surface area (Å²) in [6.45, 7) is 7.25. The predicted molar refractivity (Wildman–Crippen MR) is 428 cm³/mol. The predicted octanol–water partition coefficient (Wildman–Crippen LogP) is 26.0. The summed E-state index contributed by atoms with van der Waals surface area (Å²) in [4.78, 5) is 73.0. The van der Waals surface area contributed by atoms with Crippen molar-refractivity contribution in [1.29, 1.82) is 0 Å². The van der Waals surface area contributed by atoms with E-state index in [-0.39, 0.29) is 25.7 Å². The minimum Gasteiger partial charge on any atom is -0.462 e. The molecule has 0 aromatic carbocycles. The van der Waals surface area contributed by atoms with Crippen molar-refractivity contribution in [3.05, 3.63) is 0 Å². The third-order valence-electron chi connectivity index (χ3n) is 20.0. The zero-order valence-electron chi connectivity index (χ0n) is 68.2. The summed E-state index contributed by atoms with van der Waals surface area (Å²) in [6.07, 6.45) is 71.3. The van der Waals surface area contributed by atoms with Gasteiger partial charge in [-0.2, -0.15) is 0 Å². The highest BCUT2D eigenvalue weighted by Crippen LogP contribution is 2.45. The van der Waals surface area contributed by atoms with E-state index in [0.29, 0.717) is 31.6 Å². The molecule has 0 aliphatic rings. The minimum atomic E-state index is -4.96. The molecule has 3 N–H and O–H groups in total. The van der Waals surface area contributed by atoms with E-state index in [4.69, 9.17) is 37.0 Å². The molecule has 0 radical (unpaired) electrons. The minimum absolute atomic E-state index is 0.106. The summed E-state index contributed by atoms with van der Waals surface area (Å²) in [5.41, 5.74) is 0. The van der Waals surface area contributed by atoms with Crippen LogP contribution >= 0.6 is 15.6 Å². The fraction of sp³-hybridized carbons (Fsp3) is 0.953. The summed E-state index contributed by atoms with van der Waals surface area (Å²) in [6, 6.07) is 0. The van der Waals surface area contributed by atoms with Gasteiger partial charge >= 0.3 is 39.5 Å². The van der Waals surface area contributed by atoms with E-state index >= 15 is 0 Å². The van der Waals surface area contributed by atoms with Crippen LogP contribution in [0.1, 0.15) is 458 Å². The Balaban J connectivity index is 5.15. The van der Waals surface area contributed by atoms with E-state index < -0.39 is 97.5 Å². The number of esters is 4. The first-order chi connectivity index (χ1) is 50.5. The summed E-state index contributed by atoms with van der Waals surface area (Å²) in [7, 11) is -9.92. The quantitative estimate of drug-likeness (QED) is 0.0222. The van der Waals surface area contributed by atoms with Gasteiger partial charge in [0.05, 0.1) is 26.4 Å². The molecule has 0 bridgehead atoms. The Morgan fingerprint density at radius 3 is 0.654 bits per heavy atom. The molecule has 0 saturated heterocycles. The van der Waals surface area contributed by atoms with Gasteiger partial charge in [0, 0.05) is 25.7 Å². The van der Waals surface area contributed by atoms with E-state index in [9.17, 15) is 43.2 Å². The lowest BCUT2D eigenvalue weighted by Crippen LogP contribution is -2.30. The third kappa shape index (κ3) is 78.2. The second-order valence-corrected chi connectivity index (χ2v) is 34.0. The number of unbranched alkanes of at least 4 members (excludes halogenated alkanes) is 57. The van der Waals surface area contributed by atoms with Crippen LogP contribution in [0, 0.1) is 5.92 Å². The van der Waals surface area contributed by atoms with Crippen molar-refractivity contribution in [2.45, 2.75) is 477 Å². The highest BCUT2D eigenvalue weighted by molar-refractivity contribution is 7.47. The average Bonchev–Trinajstić information content (AvgIpc) is 0.914. The lowest BCUT2D eigenvalue weighted by molar-refractivity contribution is -0.161. The van der Waals surface area contributed by atoms with Gasteiger partial charge in [-0.3, -0.25) is 37.3 Å². The molecule has 0 rings (SSSR count). The Morgan fingerprint density at radius 2 is 0.442 bits per heavy atom. The maximum absolute atomic E-state index is 13.1. The molecule has 5 atom stereocenters. The van der Waals surface area contributed by atoms with Crippen LogP contribution in [0.4, 0.5) is 0 Å². The standard InChI is InChI=1S/C85H166O17P2/c1-6-9-12-15-18-21-24-26-28-30-32-34-36-38-40-42-44-47-49-52-58-63-68-82(87)95-74-80(101-85(90)71-66-61-54-51-48-45-43-41-39-37-35-33-31-29-27-25-22-19-16-13-10-7-2)76-99-103(91,92)97-72-79(86)73-98-104(93,94)100-77-81(75-96-83(88)69-64-59-56-55-57-62-67-78(4)5)102-84(89)70-65-60-53-50-46-23-20-17-14-11-8-3/h78-81,86H,6-77H2,1-5H3,(H,91,92)(H,93,94)/t79-,80-,81-/m1/s1. The van der Waals surface area contributed by atoms with Gasteiger partial charge in [-0.05, 0) is 31.6 Å². The largest absolute Gasteiger partial charge is 0.472 e. The number of phosphoric ester groups is 2. The normalized spacial score (nSPS) is 13.8. The number of hydrogen-bond acceptors (Lipinski definition) is 15. The number of aliphatic hydroxyl groups is 1. The molecule has 0 aliphatic carbocycles. The zero-order chi connectivity index (χ0) is 76.2. The van der Waals surface area contributed by atoms with E-state index in [1.807, 2.05) is 0 Å². The van der Waals surface area contributed by atoms with Crippen LogP contribution in [0.3, 0.4) is 0 Å². The molecular weight excluding hydrogens is 1350 g/mol. The zero-order valence-corrected chi connectivity index (χ0v) is 70.0. The van der Waals surface area contributed by atoms with Crippen LogP contribution in [0.2, 0.25) is 0 Å². The monoisotopic (exact) mass is 1520 g/mol. The Hall–Kier alpha value is -1.94. The molecule has 0 heterocycles. The Kier molecular flexibility index (Phi) is 76.3. The van der Waals surface area contributed by atoms with E-state index in [2.05, 4.69) is 34.6 Å². The molecule has 0 fully saturated rings. The van der Waals surface area contributed by atoms with Gasteiger partial charge in [-0.25, -0.2) is 9.13 Å². The molecule has 0 spiro atoms. The van der Waals surface area contributed by atoms with E-state index in [1.165, 1.54) is 276 Å². The maximum atomic E-state index is 13.1. The van der Waals surface area contributed by atoms with Crippen molar-refractivity contribution in [3.63, 3.8) is 0 Å². The topological polar surface area (TPSA) is 237 Å². The van der Waals surface area contributed by atoms with Crippen molar-refractivity contribution < 1.29 is 80.2 Å². The Bertz CT molecular complexity index is 1980. The van der Waals surface area contributed by atoms with Crippen LogP contribution in [-0.4, -0.2) is 96.7 Å². The molecule has 0 aliphatic heterocycles. The van der Waals surface area contributed by atoms with Gasteiger partial charge in [0.25, 0.3) is 0 Å². The van der Waals surface area contributed by atoms with E-state index in [1.54, 1.807) is 0 Å². The molecule has 0 amide bonds. The maximum Gasteiger partial charge on any atom is 0.472 e. The molecule has 19 heteroatoms. The van der Waals surface area contributed by atoms with Gasteiger partial charge in [-0.15, -0.1) is 0 Å². The van der Waals surface area contributed by atoms with Gasteiger partial charge in [-0.1, -0.05) is 407 Å². The number of hydrogen-bond donors (Lipinski definition) is 3. The van der Waals surface area contributed by atoms with Crippen LogP contribution in [0.5, 0.6) is 0 Å². The van der Waals surface area contributed by atoms with Crippen molar-refractivity contribution >= 4 is 39.5 Å². The molecular formula is C85H166O17P2. The van der Waals surface area contributed by atoms with Crippen LogP contribution in [0.15, 0.2) is 0 Å². The highest BCUT2D eigenvalue weighted by Gasteiger charge is 2.30. The first-order valence-corrected chi connectivity index (χ1v) is 47.1. The number of carbonyl (C=O) groups excluding carboxylic acids is 4. The number of rotatable bonds is 85. The molecule has 104 heavy (non-hydrogen) atoms. The molecule has 17 nitrogen and oxygen atoms in total. The molecule has 0 aromatic heterocycles. The smallest absolute Gasteiger partial charge is 0.462 e. The molecule has 618 valence electrons. The second-order valence-electron chi connectivity index (χ2n) is 31.1. The lowest BCUT2D eigenvalue weighted by Gasteiger charge is -2.21. The first kappa shape index (κ1) is 102. The number of ether oxygens (including phenoxy) is 4. The van der Waals surface area contributed by atoms with Gasteiger partial charge in [0.1, 0.15) is 19.3 Å². The Morgan fingerprint density at radius 1 is 0.260 bits per heavy atom. The van der Waals surface area contributed by atoms with Crippen molar-refractivity contribution in [1.82, 2.24) is 0 Å². The van der Waals surface area contributed by atoms with Crippen LogP contribution in [-0.2, 0) is 65.4 Å². The summed E-state index contributed by atoms with van der Waals surface area (Å²) in [5.74, 6) is -1.43. The molecule has 0 aromatic rings. The third-order valence-corrected chi connectivity index (χ3v) is 21.9. The first-order valence-electron chi connectivity index (χ1n) is 44.1. The summed E-state index contributed by atoms with van der Waals surface area (Å²) in [5, 5.41) is 10.6. The Labute approximate surface area is 638 Å². The van der Waals surface area contributed by atoms with E-state index in [0.717, 1.165) is 96.3 Å². The summed E-state index contributed by atoms with van der Waals surface area (Å²) >= 11 is 0. The SMILES string of the molecule is CCCCCCCCCCCCCCCCCCCCCCCCC(=O)OC[C@H](COP(=O)(O)OC[C@@H](O)COP(=O)(O)OC[C@@H](COC(=O)CCCCCCCCC(C)C)OC(=O)CCCCCCCCCCCCC)OC(=O)CCCCCCCCCCCCCCCCCCCCCCCC. The lowest BCUT2D eigenvalue weighted by atomic mass is 10.0. The number of carbonyl (C=O) groups is 4. The van der Waals surface area contributed by atoms with Gasteiger partial charge < -0.3 is 33.8 Å². The number of phosphoric acid groups is 2. The van der Waals surface area contributed by atoms with Crippen molar-refractivity contribution in [2.24, 2.45) is 5.92 Å². The highest BCUT2D eigenvalue weighted by atomic mass is 31.2. The van der Waals surface area contributed by atoms with Gasteiger partial charge in [0.15, 0.2) is 12.2 Å². The van der Waals surface area contributed by atoms with Crippen LogP contribution < -0.4 is 0 Å². The van der Waals surface area contributed by atoms with Crippen LogP contribution in [0.25, 0.3) is 0 Å². The van der Waals surface area contributed by atoms with Crippen molar-refractivity contribution in [2.75, 3.05) is 39.6 Å². The summed E-state index contributed by atoms with van der Waals surface area (Å²) < 4.78 is 68.7. The average molecular weight is 1520 g/mol. The fourth-order valence-electron chi connectivity index (χ4n) is 13.3. The number of aliphatic hydroxyl groups excluding tert-OH is 1.